The molecule has 0 fully saturated rings. The van der Waals surface area contributed by atoms with Crippen molar-refractivity contribution in [2.45, 2.75) is 11.5 Å². The van der Waals surface area contributed by atoms with Gasteiger partial charge >= 0.3 is 0 Å². The first kappa shape index (κ1) is 24.1. The van der Waals surface area contributed by atoms with Gasteiger partial charge in [0.05, 0.1) is 17.7 Å². The van der Waals surface area contributed by atoms with Crippen molar-refractivity contribution in [3.05, 3.63) is 108 Å². The quantitative estimate of drug-likeness (QED) is 0.273. The van der Waals surface area contributed by atoms with Gasteiger partial charge in [-0.25, -0.2) is 23.0 Å². The fraction of sp³-hybridized carbons (Fsp3) is 0.0769. The van der Waals surface area contributed by atoms with Gasteiger partial charge < -0.3 is 4.74 Å². The van der Waals surface area contributed by atoms with Crippen LogP contribution in [0.2, 0.25) is 0 Å². The summed E-state index contributed by atoms with van der Waals surface area (Å²) in [5.41, 5.74) is 3.76. The van der Waals surface area contributed by atoms with Crippen LogP contribution in [0.15, 0.2) is 101 Å². The van der Waals surface area contributed by atoms with Crippen LogP contribution >= 0.6 is 0 Å². The number of hydrazone groups is 1. The molecule has 0 spiro atoms. The number of benzene rings is 4. The highest BCUT2D eigenvalue weighted by atomic mass is 32.2. The van der Waals surface area contributed by atoms with Crippen LogP contribution in [0.5, 0.6) is 5.75 Å². The highest BCUT2D eigenvalue weighted by Crippen LogP contribution is 2.27. The van der Waals surface area contributed by atoms with Crippen LogP contribution in [0.3, 0.4) is 0 Å². The Bertz CT molecular complexity index is 1460. The van der Waals surface area contributed by atoms with Crippen molar-refractivity contribution < 1.29 is 22.3 Å². The number of ether oxygens (including phenoxy) is 1. The van der Waals surface area contributed by atoms with Crippen LogP contribution in [0.25, 0.3) is 10.8 Å². The van der Waals surface area contributed by atoms with E-state index >= 15 is 0 Å². The molecule has 0 saturated carbocycles. The molecular formula is C26H22FN3O4S. The summed E-state index contributed by atoms with van der Waals surface area (Å²) in [6, 6.07) is 25.1. The molecule has 0 aromatic heterocycles. The number of hydrogen-bond acceptors (Lipinski definition) is 5. The summed E-state index contributed by atoms with van der Waals surface area (Å²) in [7, 11) is -3.81. The van der Waals surface area contributed by atoms with Crippen molar-refractivity contribution in [3.63, 3.8) is 0 Å². The SMILES string of the molecule is O=C(CNS(=O)(=O)c1ccccc1)N/N=C\c1c(OCc2ccc(F)cc2)ccc2ccccc12. The molecule has 0 saturated heterocycles. The van der Waals surface area contributed by atoms with Gasteiger partial charge in [-0.05, 0) is 46.7 Å². The van der Waals surface area contributed by atoms with Crippen molar-refractivity contribution in [2.75, 3.05) is 6.54 Å². The predicted octanol–water partition coefficient (Wildman–Crippen LogP) is 3.99. The molecule has 0 heterocycles. The van der Waals surface area contributed by atoms with Gasteiger partial charge in [0, 0.05) is 5.56 Å². The normalized spacial score (nSPS) is 11.6. The third-order valence-electron chi connectivity index (χ3n) is 5.10. The van der Waals surface area contributed by atoms with E-state index in [0.717, 1.165) is 16.3 Å². The summed E-state index contributed by atoms with van der Waals surface area (Å²) in [5.74, 6) is -0.431. The molecule has 7 nitrogen and oxygen atoms in total. The van der Waals surface area contributed by atoms with E-state index in [9.17, 15) is 17.6 Å². The first-order valence-electron chi connectivity index (χ1n) is 10.7. The smallest absolute Gasteiger partial charge is 0.255 e. The second-order valence-corrected chi connectivity index (χ2v) is 9.31. The minimum absolute atomic E-state index is 0.0648. The minimum atomic E-state index is -3.81. The molecular weight excluding hydrogens is 469 g/mol. The van der Waals surface area contributed by atoms with Crippen molar-refractivity contribution in [3.8, 4) is 5.75 Å². The summed E-state index contributed by atoms with van der Waals surface area (Å²) in [6.07, 6.45) is 1.45. The monoisotopic (exact) mass is 491 g/mol. The largest absolute Gasteiger partial charge is 0.488 e. The topological polar surface area (TPSA) is 96.9 Å². The number of rotatable bonds is 9. The number of sulfonamides is 1. The number of halogens is 1. The molecule has 4 aromatic carbocycles. The Morgan fingerprint density at radius 2 is 1.63 bits per heavy atom. The van der Waals surface area contributed by atoms with E-state index in [0.29, 0.717) is 11.3 Å². The molecule has 4 aromatic rings. The summed E-state index contributed by atoms with van der Waals surface area (Å²) >= 11 is 0. The van der Waals surface area contributed by atoms with Crippen LogP contribution in [0, 0.1) is 5.82 Å². The van der Waals surface area contributed by atoms with Crippen LogP contribution < -0.4 is 14.9 Å². The molecule has 35 heavy (non-hydrogen) atoms. The fourth-order valence-corrected chi connectivity index (χ4v) is 4.33. The lowest BCUT2D eigenvalue weighted by molar-refractivity contribution is -0.119. The van der Waals surface area contributed by atoms with Crippen LogP contribution in [-0.4, -0.2) is 27.1 Å². The summed E-state index contributed by atoms with van der Waals surface area (Å²) in [4.78, 5) is 12.2. The Hall–Kier alpha value is -4.08. The molecule has 0 radical (unpaired) electrons. The van der Waals surface area contributed by atoms with Crippen molar-refractivity contribution >= 4 is 32.9 Å². The second kappa shape index (κ2) is 10.9. The van der Waals surface area contributed by atoms with Gasteiger partial charge in [-0.2, -0.15) is 5.10 Å². The minimum Gasteiger partial charge on any atom is -0.488 e. The molecule has 0 atom stereocenters. The Kier molecular flexibility index (Phi) is 7.49. The van der Waals surface area contributed by atoms with E-state index in [2.05, 4.69) is 15.2 Å². The molecule has 9 heteroatoms. The lowest BCUT2D eigenvalue weighted by Gasteiger charge is -2.12. The first-order chi connectivity index (χ1) is 16.9. The average Bonchev–Trinajstić information content (AvgIpc) is 2.88. The zero-order valence-electron chi connectivity index (χ0n) is 18.5. The molecule has 1 amide bonds. The van der Waals surface area contributed by atoms with Crippen LogP contribution in [-0.2, 0) is 21.4 Å². The first-order valence-corrected chi connectivity index (χ1v) is 12.2. The summed E-state index contributed by atoms with van der Waals surface area (Å²) < 4.78 is 45.9. The van der Waals surface area contributed by atoms with Gasteiger partial charge in [-0.1, -0.05) is 60.7 Å². The Morgan fingerprint density at radius 1 is 0.914 bits per heavy atom. The third kappa shape index (κ3) is 6.28. The predicted molar refractivity (Wildman–Crippen MR) is 132 cm³/mol. The van der Waals surface area contributed by atoms with E-state index in [4.69, 9.17) is 4.74 Å². The Balaban J connectivity index is 1.46. The zero-order chi connectivity index (χ0) is 24.7. The molecule has 0 aliphatic rings. The van der Waals surface area contributed by atoms with Crippen molar-refractivity contribution in [1.29, 1.82) is 0 Å². The lowest BCUT2D eigenvalue weighted by atomic mass is 10.0. The molecule has 0 unspecified atom stereocenters. The highest BCUT2D eigenvalue weighted by molar-refractivity contribution is 7.89. The van der Waals surface area contributed by atoms with Crippen molar-refractivity contribution in [1.82, 2.24) is 10.1 Å². The molecule has 0 aliphatic carbocycles. The molecule has 2 N–H and O–H groups in total. The fourth-order valence-electron chi connectivity index (χ4n) is 3.33. The molecule has 0 aliphatic heterocycles. The number of nitrogens with zero attached hydrogens (tertiary/aromatic N) is 1. The maximum absolute atomic E-state index is 13.2. The molecule has 4 rings (SSSR count). The highest BCUT2D eigenvalue weighted by Gasteiger charge is 2.14. The number of hydrogen-bond donors (Lipinski definition) is 2. The van der Waals surface area contributed by atoms with E-state index in [-0.39, 0.29) is 17.3 Å². The zero-order valence-corrected chi connectivity index (χ0v) is 19.3. The number of nitrogens with one attached hydrogen (secondary N) is 2. The van der Waals surface area contributed by atoms with Gasteiger partial charge in [-0.3, -0.25) is 4.79 Å². The van der Waals surface area contributed by atoms with Crippen LogP contribution in [0.1, 0.15) is 11.1 Å². The molecule has 178 valence electrons. The van der Waals surface area contributed by atoms with Gasteiger partial charge in [0.15, 0.2) is 0 Å². The maximum Gasteiger partial charge on any atom is 0.255 e. The number of fused-ring (bicyclic) bond motifs is 1. The van der Waals surface area contributed by atoms with Gasteiger partial charge in [-0.15, -0.1) is 0 Å². The maximum atomic E-state index is 13.2. The Morgan fingerprint density at radius 3 is 2.40 bits per heavy atom. The third-order valence-corrected chi connectivity index (χ3v) is 6.51. The number of amides is 1. The van der Waals surface area contributed by atoms with Crippen molar-refractivity contribution in [2.24, 2.45) is 5.10 Å². The summed E-state index contributed by atoms with van der Waals surface area (Å²) in [6.45, 7) is -0.259. The summed E-state index contributed by atoms with van der Waals surface area (Å²) in [5, 5.41) is 5.81. The second-order valence-electron chi connectivity index (χ2n) is 7.54. The lowest BCUT2D eigenvalue weighted by Crippen LogP contribution is -2.34. The standard InChI is InChI=1S/C26H22FN3O4S/c27-21-13-10-19(11-14-21)18-34-25-15-12-20-6-4-5-9-23(20)24(25)16-28-30-26(31)17-29-35(32,33)22-7-2-1-3-8-22/h1-16,29H,17-18H2,(H,30,31)/b28-16-. The van der Waals surface area contributed by atoms with E-state index in [1.807, 2.05) is 30.3 Å². The van der Waals surface area contributed by atoms with E-state index in [1.54, 1.807) is 36.4 Å². The van der Waals surface area contributed by atoms with E-state index in [1.165, 1.54) is 30.5 Å². The van der Waals surface area contributed by atoms with E-state index < -0.39 is 22.5 Å². The van der Waals surface area contributed by atoms with Crippen LogP contribution in [0.4, 0.5) is 4.39 Å². The molecule has 0 bridgehead atoms. The van der Waals surface area contributed by atoms with Gasteiger partial charge in [0.2, 0.25) is 10.0 Å². The number of carbonyl (C=O) groups is 1. The van der Waals surface area contributed by atoms with Gasteiger partial charge in [0.1, 0.15) is 18.2 Å². The number of carbonyl (C=O) groups excluding carboxylic acids is 1. The van der Waals surface area contributed by atoms with Gasteiger partial charge in [0.25, 0.3) is 5.91 Å². The Labute approximate surface area is 202 Å². The average molecular weight is 492 g/mol.